The van der Waals surface area contributed by atoms with Gasteiger partial charge in [0, 0.05) is 45.0 Å². The van der Waals surface area contributed by atoms with E-state index in [1.54, 1.807) is 13.2 Å². The summed E-state index contributed by atoms with van der Waals surface area (Å²) < 4.78 is 49.9. The fraction of sp³-hybridized carbons (Fsp3) is 0.458. The van der Waals surface area contributed by atoms with Crippen LogP contribution in [-0.4, -0.2) is 63.8 Å². The molecule has 0 aliphatic carbocycles. The van der Waals surface area contributed by atoms with Gasteiger partial charge in [-0.15, -0.1) is 0 Å². The van der Waals surface area contributed by atoms with Gasteiger partial charge in [0.15, 0.2) is 0 Å². The van der Waals surface area contributed by atoms with Gasteiger partial charge < -0.3 is 19.7 Å². The lowest BCUT2D eigenvalue weighted by Crippen LogP contribution is -2.49. The van der Waals surface area contributed by atoms with E-state index in [0.717, 1.165) is 36.2 Å². The van der Waals surface area contributed by atoms with Crippen LogP contribution in [0.3, 0.4) is 0 Å². The number of anilines is 1. The van der Waals surface area contributed by atoms with Gasteiger partial charge >= 0.3 is 6.18 Å². The molecule has 0 radical (unpaired) electrons. The lowest BCUT2D eigenvalue weighted by atomic mass is 9.96. The number of hydrogen-bond donors (Lipinski definition) is 1. The van der Waals surface area contributed by atoms with Crippen LogP contribution >= 0.6 is 0 Å². The van der Waals surface area contributed by atoms with Gasteiger partial charge in [-0.25, -0.2) is 0 Å². The molecule has 0 bridgehead atoms. The number of halogens is 3. The highest BCUT2D eigenvalue weighted by Gasteiger charge is 2.31. The molecule has 1 amide bonds. The summed E-state index contributed by atoms with van der Waals surface area (Å²) in [4.78, 5) is 16.8. The lowest BCUT2D eigenvalue weighted by molar-refractivity contribution is -0.137. The first kappa shape index (κ1) is 23.2. The standard InChI is InChI=1S/C24H28F3N3O3/c1-32-21-5-6-22-17(14-21)13-18(16-33-22)23(31)28-7-8-29-9-11-30(12-10-29)20-4-2-3-19(15-20)24(25,26)27/h2-6,14-15,18H,7-13,16H2,1H3,(H,28,31). The number of nitrogens with one attached hydrogen (secondary N) is 1. The first-order chi connectivity index (χ1) is 15.8. The third kappa shape index (κ3) is 5.71. The van der Waals surface area contributed by atoms with Crippen molar-refractivity contribution >= 4 is 11.6 Å². The van der Waals surface area contributed by atoms with Crippen molar-refractivity contribution in [3.63, 3.8) is 0 Å². The van der Waals surface area contributed by atoms with Crippen LogP contribution in [0.2, 0.25) is 0 Å². The van der Waals surface area contributed by atoms with Crippen molar-refractivity contribution in [1.29, 1.82) is 0 Å². The van der Waals surface area contributed by atoms with E-state index in [0.29, 0.717) is 44.9 Å². The van der Waals surface area contributed by atoms with E-state index in [-0.39, 0.29) is 11.8 Å². The normalized spacial score (nSPS) is 18.9. The second-order valence-electron chi connectivity index (χ2n) is 8.35. The van der Waals surface area contributed by atoms with Crippen molar-refractivity contribution in [2.24, 2.45) is 5.92 Å². The van der Waals surface area contributed by atoms with Crippen molar-refractivity contribution in [2.75, 3.05) is 57.9 Å². The second kappa shape index (κ2) is 9.91. The minimum absolute atomic E-state index is 0.0360. The fourth-order valence-electron chi connectivity index (χ4n) is 4.26. The SMILES string of the molecule is COc1ccc2c(c1)CC(C(=O)NCCN1CCN(c3cccc(C(F)(F)F)c3)CC1)CO2. The van der Waals surface area contributed by atoms with Gasteiger partial charge in [0.05, 0.1) is 18.6 Å². The molecule has 2 aliphatic heterocycles. The number of benzene rings is 2. The van der Waals surface area contributed by atoms with Crippen LogP contribution in [0, 0.1) is 5.92 Å². The average Bonchev–Trinajstić information content (AvgIpc) is 2.83. The number of piperazine rings is 1. The van der Waals surface area contributed by atoms with Crippen LogP contribution in [0.25, 0.3) is 0 Å². The van der Waals surface area contributed by atoms with E-state index in [4.69, 9.17) is 9.47 Å². The third-order valence-electron chi connectivity index (χ3n) is 6.18. The molecule has 0 aromatic heterocycles. The Labute approximate surface area is 191 Å². The van der Waals surface area contributed by atoms with Crippen LogP contribution in [0.4, 0.5) is 18.9 Å². The second-order valence-corrected chi connectivity index (χ2v) is 8.35. The highest BCUT2D eigenvalue weighted by Crippen LogP contribution is 2.32. The molecule has 4 rings (SSSR count). The van der Waals surface area contributed by atoms with Gasteiger partial charge in [0.2, 0.25) is 5.91 Å². The molecule has 1 fully saturated rings. The predicted molar refractivity (Wildman–Crippen MR) is 119 cm³/mol. The number of nitrogens with zero attached hydrogens (tertiary/aromatic N) is 2. The predicted octanol–water partition coefficient (Wildman–Crippen LogP) is 3.20. The fourth-order valence-corrected chi connectivity index (χ4v) is 4.26. The highest BCUT2D eigenvalue weighted by molar-refractivity contribution is 5.79. The molecule has 2 aliphatic rings. The summed E-state index contributed by atoms with van der Waals surface area (Å²) in [5, 5.41) is 3.00. The molecule has 0 saturated carbocycles. The number of fused-ring (bicyclic) bond motifs is 1. The zero-order valence-electron chi connectivity index (χ0n) is 18.5. The van der Waals surface area contributed by atoms with Crippen LogP contribution in [0.15, 0.2) is 42.5 Å². The van der Waals surface area contributed by atoms with Gasteiger partial charge in [-0.3, -0.25) is 9.69 Å². The number of hydrogen-bond acceptors (Lipinski definition) is 5. The Bertz CT molecular complexity index is 975. The van der Waals surface area contributed by atoms with Crippen LogP contribution in [0.5, 0.6) is 11.5 Å². The van der Waals surface area contributed by atoms with Crippen molar-refractivity contribution in [1.82, 2.24) is 10.2 Å². The molecule has 2 aromatic carbocycles. The Hall–Kier alpha value is -2.94. The molecule has 2 aromatic rings. The summed E-state index contributed by atoms with van der Waals surface area (Å²) in [7, 11) is 1.61. The van der Waals surface area contributed by atoms with Gasteiger partial charge in [-0.2, -0.15) is 13.2 Å². The molecule has 1 unspecified atom stereocenters. The van der Waals surface area contributed by atoms with E-state index in [2.05, 4.69) is 10.2 Å². The zero-order valence-corrected chi connectivity index (χ0v) is 18.5. The number of amides is 1. The molecule has 2 heterocycles. The molecule has 178 valence electrons. The summed E-state index contributed by atoms with van der Waals surface area (Å²) >= 11 is 0. The lowest BCUT2D eigenvalue weighted by Gasteiger charge is -2.36. The minimum Gasteiger partial charge on any atom is -0.497 e. The summed E-state index contributed by atoms with van der Waals surface area (Å²) in [6, 6.07) is 11.1. The molecule has 1 saturated heterocycles. The zero-order chi connectivity index (χ0) is 23.4. The Kier molecular flexibility index (Phi) is 6.97. The number of rotatable bonds is 6. The van der Waals surface area contributed by atoms with E-state index >= 15 is 0 Å². The molecule has 9 heteroatoms. The monoisotopic (exact) mass is 463 g/mol. The maximum absolute atomic E-state index is 13.0. The number of alkyl halides is 3. The topological polar surface area (TPSA) is 54.0 Å². The van der Waals surface area contributed by atoms with Crippen molar-refractivity contribution in [3.05, 3.63) is 53.6 Å². The number of carbonyl (C=O) groups excluding carboxylic acids is 1. The Balaban J connectivity index is 1.21. The highest BCUT2D eigenvalue weighted by atomic mass is 19.4. The molecule has 33 heavy (non-hydrogen) atoms. The summed E-state index contributed by atoms with van der Waals surface area (Å²) in [6.45, 7) is 4.30. The first-order valence-corrected chi connectivity index (χ1v) is 11.1. The number of ether oxygens (including phenoxy) is 2. The van der Waals surface area contributed by atoms with E-state index in [1.165, 1.54) is 12.1 Å². The van der Waals surface area contributed by atoms with Crippen molar-refractivity contribution in [3.8, 4) is 11.5 Å². The maximum atomic E-state index is 13.0. The molecular weight excluding hydrogens is 435 g/mol. The Morgan fingerprint density at radius 1 is 1.15 bits per heavy atom. The average molecular weight is 464 g/mol. The Morgan fingerprint density at radius 3 is 2.67 bits per heavy atom. The third-order valence-corrected chi connectivity index (χ3v) is 6.18. The van der Waals surface area contributed by atoms with Crippen LogP contribution in [0.1, 0.15) is 11.1 Å². The van der Waals surface area contributed by atoms with E-state index in [1.807, 2.05) is 23.1 Å². The largest absolute Gasteiger partial charge is 0.497 e. The molecule has 1 N–H and O–H groups in total. The summed E-state index contributed by atoms with van der Waals surface area (Å²) in [5.74, 6) is 1.25. The minimum atomic E-state index is -4.34. The molecular formula is C24H28F3N3O3. The number of methoxy groups -OCH3 is 1. The van der Waals surface area contributed by atoms with Gasteiger partial charge in [-0.05, 0) is 48.4 Å². The molecule has 0 spiro atoms. The van der Waals surface area contributed by atoms with E-state index in [9.17, 15) is 18.0 Å². The van der Waals surface area contributed by atoms with Crippen LogP contribution < -0.4 is 19.7 Å². The molecule has 1 atom stereocenters. The molecule has 6 nitrogen and oxygen atoms in total. The van der Waals surface area contributed by atoms with Crippen LogP contribution in [-0.2, 0) is 17.4 Å². The number of carbonyl (C=O) groups is 1. The maximum Gasteiger partial charge on any atom is 0.416 e. The van der Waals surface area contributed by atoms with Crippen molar-refractivity contribution in [2.45, 2.75) is 12.6 Å². The first-order valence-electron chi connectivity index (χ1n) is 11.1. The van der Waals surface area contributed by atoms with Gasteiger partial charge in [-0.1, -0.05) is 6.07 Å². The Morgan fingerprint density at radius 2 is 1.94 bits per heavy atom. The van der Waals surface area contributed by atoms with Crippen molar-refractivity contribution < 1.29 is 27.4 Å². The summed E-state index contributed by atoms with van der Waals surface area (Å²) in [6.07, 6.45) is -3.73. The van der Waals surface area contributed by atoms with Gasteiger partial charge in [0.1, 0.15) is 18.1 Å². The smallest absolute Gasteiger partial charge is 0.416 e. The van der Waals surface area contributed by atoms with E-state index < -0.39 is 11.7 Å². The summed E-state index contributed by atoms with van der Waals surface area (Å²) in [5.41, 5.74) is 0.927. The quantitative estimate of drug-likeness (QED) is 0.713. The van der Waals surface area contributed by atoms with Gasteiger partial charge in [0.25, 0.3) is 0 Å².